The molecule has 136 valence electrons. The zero-order chi connectivity index (χ0) is 18.6. The summed E-state index contributed by atoms with van der Waals surface area (Å²) in [7, 11) is 0. The summed E-state index contributed by atoms with van der Waals surface area (Å²) in [6.07, 6.45) is 6.43. The zero-order valence-electron chi connectivity index (χ0n) is 15.4. The monoisotopic (exact) mass is 358 g/mol. The lowest BCUT2D eigenvalue weighted by molar-refractivity contribution is -0.115. The summed E-state index contributed by atoms with van der Waals surface area (Å²) in [5.74, 6) is 1.93. The lowest BCUT2D eigenvalue weighted by Crippen LogP contribution is -2.23. The molecule has 0 unspecified atom stereocenters. The minimum Gasteiger partial charge on any atom is -0.457 e. The average molecular weight is 358 g/mol. The van der Waals surface area contributed by atoms with Gasteiger partial charge in [-0.25, -0.2) is 4.98 Å². The Hall–Kier alpha value is -3.14. The van der Waals surface area contributed by atoms with Gasteiger partial charge in [0.1, 0.15) is 17.3 Å². The van der Waals surface area contributed by atoms with Crippen molar-refractivity contribution in [3.8, 4) is 11.5 Å². The first-order valence-electron chi connectivity index (χ1n) is 9.32. The Labute approximate surface area is 159 Å². The predicted octanol–water partition coefficient (Wildman–Crippen LogP) is 5.44. The van der Waals surface area contributed by atoms with Gasteiger partial charge in [0.05, 0.1) is 5.69 Å². The second-order valence-electron chi connectivity index (χ2n) is 6.78. The van der Waals surface area contributed by atoms with Gasteiger partial charge in [-0.2, -0.15) is 0 Å². The fraction of sp³-hybridized carbons (Fsp3) is 0.217. The van der Waals surface area contributed by atoms with Gasteiger partial charge < -0.3 is 4.74 Å². The van der Waals surface area contributed by atoms with Gasteiger partial charge in [-0.1, -0.05) is 24.3 Å². The van der Waals surface area contributed by atoms with Crippen molar-refractivity contribution >= 4 is 17.4 Å². The highest BCUT2D eigenvalue weighted by atomic mass is 16.5. The molecule has 0 aliphatic heterocycles. The SMILES string of the molecule is CC(=O)N(c1ccccc1)c1cc(Oc2ccc3c(c2)CCCC3)ccn1. The highest BCUT2D eigenvalue weighted by Gasteiger charge is 2.16. The van der Waals surface area contributed by atoms with Crippen molar-refractivity contribution in [1.29, 1.82) is 0 Å². The summed E-state index contributed by atoms with van der Waals surface area (Å²) >= 11 is 0. The lowest BCUT2D eigenvalue weighted by atomic mass is 9.92. The van der Waals surface area contributed by atoms with E-state index in [0.717, 1.165) is 24.3 Å². The number of para-hydroxylation sites is 1. The van der Waals surface area contributed by atoms with E-state index in [-0.39, 0.29) is 5.91 Å². The Balaban J connectivity index is 1.61. The molecule has 0 saturated heterocycles. The van der Waals surface area contributed by atoms with Crippen LogP contribution in [0.4, 0.5) is 11.5 Å². The fourth-order valence-corrected chi connectivity index (χ4v) is 3.55. The number of amides is 1. The van der Waals surface area contributed by atoms with Crippen LogP contribution in [-0.2, 0) is 17.6 Å². The van der Waals surface area contributed by atoms with E-state index in [9.17, 15) is 4.79 Å². The third-order valence-electron chi connectivity index (χ3n) is 4.83. The molecule has 4 heteroatoms. The molecule has 1 heterocycles. The summed E-state index contributed by atoms with van der Waals surface area (Å²) in [6, 6.07) is 19.4. The summed E-state index contributed by atoms with van der Waals surface area (Å²) in [4.78, 5) is 18.2. The molecule has 1 aliphatic carbocycles. The molecule has 1 aliphatic rings. The number of ether oxygens (including phenoxy) is 1. The third kappa shape index (κ3) is 3.85. The average Bonchev–Trinajstić information content (AvgIpc) is 2.69. The molecule has 0 atom stereocenters. The number of aromatic nitrogens is 1. The van der Waals surface area contributed by atoms with E-state index in [1.54, 1.807) is 17.2 Å². The number of nitrogens with zero attached hydrogens (tertiary/aromatic N) is 2. The molecule has 4 rings (SSSR count). The molecular weight excluding hydrogens is 336 g/mol. The summed E-state index contributed by atoms with van der Waals surface area (Å²) in [5, 5.41) is 0. The number of rotatable bonds is 4. The van der Waals surface area contributed by atoms with Crippen LogP contribution >= 0.6 is 0 Å². The van der Waals surface area contributed by atoms with Gasteiger partial charge >= 0.3 is 0 Å². The number of carbonyl (C=O) groups is 1. The van der Waals surface area contributed by atoms with E-state index in [2.05, 4.69) is 17.1 Å². The molecule has 4 nitrogen and oxygen atoms in total. The molecule has 3 aromatic rings. The Morgan fingerprint density at radius 3 is 2.44 bits per heavy atom. The molecule has 0 radical (unpaired) electrons. The smallest absolute Gasteiger partial charge is 0.229 e. The molecule has 0 fully saturated rings. The van der Waals surface area contributed by atoms with Crippen LogP contribution in [-0.4, -0.2) is 10.9 Å². The molecule has 1 amide bonds. The van der Waals surface area contributed by atoms with Crippen molar-refractivity contribution in [2.75, 3.05) is 4.90 Å². The van der Waals surface area contributed by atoms with Crippen LogP contribution in [0.5, 0.6) is 11.5 Å². The Kier molecular flexibility index (Phi) is 4.88. The molecule has 2 aromatic carbocycles. The first kappa shape index (κ1) is 17.3. The summed E-state index contributed by atoms with van der Waals surface area (Å²) in [5.41, 5.74) is 3.59. The number of carbonyl (C=O) groups excluding carboxylic acids is 1. The van der Waals surface area contributed by atoms with E-state index in [0.29, 0.717) is 11.6 Å². The van der Waals surface area contributed by atoms with Crippen LogP contribution in [0.1, 0.15) is 30.9 Å². The Bertz CT molecular complexity index is 954. The van der Waals surface area contributed by atoms with Crippen LogP contribution in [0.25, 0.3) is 0 Å². The van der Waals surface area contributed by atoms with Crippen molar-refractivity contribution in [1.82, 2.24) is 4.98 Å². The quantitative estimate of drug-likeness (QED) is 0.624. The number of fused-ring (bicyclic) bond motifs is 1. The van der Waals surface area contributed by atoms with E-state index in [1.807, 2.05) is 42.5 Å². The van der Waals surface area contributed by atoms with Crippen LogP contribution in [0, 0.1) is 0 Å². The highest BCUT2D eigenvalue weighted by molar-refractivity contribution is 5.98. The summed E-state index contributed by atoms with van der Waals surface area (Å²) < 4.78 is 6.07. The van der Waals surface area contributed by atoms with Gasteiger partial charge in [0.15, 0.2) is 0 Å². The molecule has 1 aromatic heterocycles. The van der Waals surface area contributed by atoms with Gasteiger partial charge in [0, 0.05) is 19.2 Å². The van der Waals surface area contributed by atoms with Crippen LogP contribution < -0.4 is 9.64 Å². The molecule has 27 heavy (non-hydrogen) atoms. The molecule has 0 N–H and O–H groups in total. The number of hydrogen-bond acceptors (Lipinski definition) is 3. The third-order valence-corrected chi connectivity index (χ3v) is 4.83. The van der Waals surface area contributed by atoms with Gasteiger partial charge in [0.25, 0.3) is 0 Å². The maximum atomic E-state index is 12.2. The van der Waals surface area contributed by atoms with E-state index < -0.39 is 0 Å². The van der Waals surface area contributed by atoms with Gasteiger partial charge in [-0.05, 0) is 67.1 Å². The van der Waals surface area contributed by atoms with Gasteiger partial charge in [0.2, 0.25) is 5.91 Å². The summed E-state index contributed by atoms with van der Waals surface area (Å²) in [6.45, 7) is 1.53. The molecule has 0 saturated carbocycles. The van der Waals surface area contributed by atoms with Crippen molar-refractivity contribution in [2.24, 2.45) is 0 Å². The molecule has 0 bridgehead atoms. The van der Waals surface area contributed by atoms with Crippen molar-refractivity contribution in [3.63, 3.8) is 0 Å². The van der Waals surface area contributed by atoms with Crippen LogP contribution in [0.15, 0.2) is 66.9 Å². The second-order valence-corrected chi connectivity index (χ2v) is 6.78. The minimum atomic E-state index is -0.0976. The minimum absolute atomic E-state index is 0.0976. The normalized spacial score (nSPS) is 12.9. The number of hydrogen-bond donors (Lipinski definition) is 0. The van der Waals surface area contributed by atoms with Crippen LogP contribution in [0.2, 0.25) is 0 Å². The fourth-order valence-electron chi connectivity index (χ4n) is 3.55. The highest BCUT2D eigenvalue weighted by Crippen LogP contribution is 2.31. The zero-order valence-corrected chi connectivity index (χ0v) is 15.4. The van der Waals surface area contributed by atoms with Gasteiger partial charge in [-0.15, -0.1) is 0 Å². The largest absolute Gasteiger partial charge is 0.457 e. The topological polar surface area (TPSA) is 42.4 Å². The molecule has 0 spiro atoms. The Morgan fingerprint density at radius 2 is 1.67 bits per heavy atom. The Morgan fingerprint density at radius 1 is 0.926 bits per heavy atom. The van der Waals surface area contributed by atoms with Crippen molar-refractivity contribution in [2.45, 2.75) is 32.6 Å². The standard InChI is InChI=1S/C23H22N2O2/c1-17(26)25(20-9-3-2-4-10-20)23-16-22(13-14-24-23)27-21-12-11-18-7-5-6-8-19(18)15-21/h2-4,9-16H,5-8H2,1H3. The number of benzene rings is 2. The number of aryl methyl sites for hydroxylation is 2. The van der Waals surface area contributed by atoms with E-state index >= 15 is 0 Å². The first-order chi connectivity index (χ1) is 13.2. The van der Waals surface area contributed by atoms with Crippen molar-refractivity contribution in [3.05, 3.63) is 78.0 Å². The maximum Gasteiger partial charge on any atom is 0.229 e. The number of anilines is 2. The van der Waals surface area contributed by atoms with E-state index in [4.69, 9.17) is 4.74 Å². The predicted molar refractivity (Wildman–Crippen MR) is 107 cm³/mol. The molecular formula is C23H22N2O2. The maximum absolute atomic E-state index is 12.2. The number of pyridine rings is 1. The lowest BCUT2D eigenvalue weighted by Gasteiger charge is -2.21. The van der Waals surface area contributed by atoms with Gasteiger partial charge in [-0.3, -0.25) is 9.69 Å². The second kappa shape index (κ2) is 7.62. The first-order valence-corrected chi connectivity index (χ1v) is 9.32. The van der Waals surface area contributed by atoms with Crippen LogP contribution in [0.3, 0.4) is 0 Å². The van der Waals surface area contributed by atoms with E-state index in [1.165, 1.54) is 30.9 Å². The van der Waals surface area contributed by atoms with Crippen molar-refractivity contribution < 1.29 is 9.53 Å².